The molecule has 1 saturated heterocycles. The van der Waals surface area contributed by atoms with Crippen molar-refractivity contribution < 1.29 is 13.2 Å². The van der Waals surface area contributed by atoms with Crippen molar-refractivity contribution in [2.75, 3.05) is 6.54 Å². The van der Waals surface area contributed by atoms with E-state index < -0.39 is 11.7 Å². The summed E-state index contributed by atoms with van der Waals surface area (Å²) in [6, 6.07) is 8.13. The molecule has 1 atom stereocenters. The first-order valence-corrected chi connectivity index (χ1v) is 5.43. The number of piperidine rings is 1. The Morgan fingerprint density at radius 3 is 2.25 bits per heavy atom. The minimum atomic E-state index is -4.24. The van der Waals surface area contributed by atoms with Gasteiger partial charge in [0, 0.05) is 0 Å². The fourth-order valence-electron chi connectivity index (χ4n) is 2.28. The molecule has 2 rings (SSSR count). The Labute approximate surface area is 92.7 Å². The molecule has 0 aromatic heterocycles. The maximum absolute atomic E-state index is 13.2. The van der Waals surface area contributed by atoms with Gasteiger partial charge in [-0.05, 0) is 31.4 Å². The van der Waals surface area contributed by atoms with Gasteiger partial charge in [0.05, 0.1) is 0 Å². The van der Waals surface area contributed by atoms with Crippen molar-refractivity contribution in [3.05, 3.63) is 35.9 Å². The monoisotopic (exact) mass is 229 g/mol. The molecule has 0 aliphatic carbocycles. The second-order valence-corrected chi connectivity index (χ2v) is 4.15. The van der Waals surface area contributed by atoms with Gasteiger partial charge in [0.2, 0.25) is 0 Å². The largest absolute Gasteiger partial charge is 0.410 e. The quantitative estimate of drug-likeness (QED) is 0.779. The van der Waals surface area contributed by atoms with Gasteiger partial charge in [-0.15, -0.1) is 0 Å². The molecular formula is C12H14F3N. The lowest BCUT2D eigenvalue weighted by Crippen LogP contribution is -2.56. The van der Waals surface area contributed by atoms with Crippen LogP contribution in [0.3, 0.4) is 0 Å². The molecule has 0 radical (unpaired) electrons. The predicted octanol–water partition coefficient (Wildman–Crippen LogP) is 3.22. The molecule has 1 unspecified atom stereocenters. The van der Waals surface area contributed by atoms with Crippen molar-refractivity contribution in [1.29, 1.82) is 0 Å². The molecule has 4 heteroatoms. The standard InChI is InChI=1S/C12H14F3N/c13-12(14,15)11(8-4-5-9-16-11)10-6-2-1-3-7-10/h1-3,6-7,16H,4-5,8-9H2. The zero-order chi connectivity index (χ0) is 11.6. The van der Waals surface area contributed by atoms with Gasteiger partial charge in [0.15, 0.2) is 0 Å². The Morgan fingerprint density at radius 1 is 1.06 bits per heavy atom. The zero-order valence-electron chi connectivity index (χ0n) is 8.85. The first-order chi connectivity index (χ1) is 7.56. The van der Waals surface area contributed by atoms with E-state index >= 15 is 0 Å². The lowest BCUT2D eigenvalue weighted by atomic mass is 9.81. The second kappa shape index (κ2) is 4.09. The summed E-state index contributed by atoms with van der Waals surface area (Å²) in [5.41, 5.74) is -1.52. The van der Waals surface area contributed by atoms with E-state index in [4.69, 9.17) is 0 Å². The van der Waals surface area contributed by atoms with Gasteiger partial charge in [-0.1, -0.05) is 30.3 Å². The second-order valence-electron chi connectivity index (χ2n) is 4.15. The summed E-state index contributed by atoms with van der Waals surface area (Å²) in [7, 11) is 0. The van der Waals surface area contributed by atoms with Crippen molar-refractivity contribution in [1.82, 2.24) is 5.32 Å². The van der Waals surface area contributed by atoms with E-state index in [9.17, 15) is 13.2 Å². The summed E-state index contributed by atoms with van der Waals surface area (Å²) < 4.78 is 39.7. The summed E-state index contributed by atoms with van der Waals surface area (Å²) in [5, 5.41) is 2.66. The molecule has 1 aromatic carbocycles. The van der Waals surface area contributed by atoms with Crippen LogP contribution in [0.2, 0.25) is 0 Å². The molecule has 0 amide bonds. The van der Waals surface area contributed by atoms with Gasteiger partial charge in [-0.3, -0.25) is 5.32 Å². The number of benzene rings is 1. The van der Waals surface area contributed by atoms with Crippen molar-refractivity contribution >= 4 is 0 Å². The molecule has 1 aromatic rings. The molecule has 0 saturated carbocycles. The fourth-order valence-corrected chi connectivity index (χ4v) is 2.28. The first kappa shape index (κ1) is 11.5. The summed E-state index contributed by atoms with van der Waals surface area (Å²) in [5.74, 6) is 0. The van der Waals surface area contributed by atoms with Crippen LogP contribution >= 0.6 is 0 Å². The van der Waals surface area contributed by atoms with Crippen molar-refractivity contribution in [2.45, 2.75) is 31.0 Å². The highest BCUT2D eigenvalue weighted by atomic mass is 19.4. The fraction of sp³-hybridized carbons (Fsp3) is 0.500. The van der Waals surface area contributed by atoms with Crippen LogP contribution in [-0.4, -0.2) is 12.7 Å². The Balaban J connectivity index is 2.42. The average Bonchev–Trinajstić information content (AvgIpc) is 2.30. The number of alkyl halides is 3. The Hall–Kier alpha value is -1.03. The maximum atomic E-state index is 13.2. The summed E-state index contributed by atoms with van der Waals surface area (Å²) in [4.78, 5) is 0. The highest BCUT2D eigenvalue weighted by Crippen LogP contribution is 2.44. The number of rotatable bonds is 1. The summed E-state index contributed by atoms with van der Waals surface area (Å²) in [6.07, 6.45) is -2.69. The third kappa shape index (κ3) is 1.82. The van der Waals surface area contributed by atoms with Crippen molar-refractivity contribution in [3.8, 4) is 0 Å². The van der Waals surface area contributed by atoms with Crippen LogP contribution in [-0.2, 0) is 5.54 Å². The van der Waals surface area contributed by atoms with Crippen molar-refractivity contribution in [3.63, 3.8) is 0 Å². The third-order valence-electron chi connectivity index (χ3n) is 3.16. The number of nitrogens with one attached hydrogen (secondary N) is 1. The molecule has 1 fully saturated rings. The topological polar surface area (TPSA) is 12.0 Å². The third-order valence-corrected chi connectivity index (χ3v) is 3.16. The van der Waals surface area contributed by atoms with Crippen LogP contribution in [0.1, 0.15) is 24.8 Å². The van der Waals surface area contributed by atoms with E-state index in [0.717, 1.165) is 6.42 Å². The molecule has 88 valence electrons. The first-order valence-electron chi connectivity index (χ1n) is 5.43. The van der Waals surface area contributed by atoms with E-state index in [-0.39, 0.29) is 6.42 Å². The van der Waals surface area contributed by atoms with Crippen LogP contribution in [0.25, 0.3) is 0 Å². The van der Waals surface area contributed by atoms with Crippen molar-refractivity contribution in [2.24, 2.45) is 0 Å². The van der Waals surface area contributed by atoms with Gasteiger partial charge in [0.25, 0.3) is 0 Å². The molecule has 16 heavy (non-hydrogen) atoms. The molecule has 1 heterocycles. The Kier molecular flexibility index (Phi) is 2.93. The number of halogens is 3. The maximum Gasteiger partial charge on any atom is 0.410 e. The van der Waals surface area contributed by atoms with Crippen LogP contribution in [0, 0.1) is 0 Å². The Morgan fingerprint density at radius 2 is 1.75 bits per heavy atom. The molecular weight excluding hydrogens is 215 g/mol. The highest BCUT2D eigenvalue weighted by molar-refractivity contribution is 5.27. The number of hydrogen-bond donors (Lipinski definition) is 1. The zero-order valence-corrected chi connectivity index (χ0v) is 8.85. The smallest absolute Gasteiger partial charge is 0.300 e. The van der Waals surface area contributed by atoms with Gasteiger partial charge >= 0.3 is 6.18 Å². The lowest BCUT2D eigenvalue weighted by Gasteiger charge is -2.40. The molecule has 1 aliphatic heterocycles. The predicted molar refractivity (Wildman–Crippen MR) is 56.0 cm³/mol. The van der Waals surface area contributed by atoms with Crippen LogP contribution < -0.4 is 5.32 Å². The van der Waals surface area contributed by atoms with Gasteiger partial charge < -0.3 is 0 Å². The van der Waals surface area contributed by atoms with E-state index in [2.05, 4.69) is 5.32 Å². The minimum absolute atomic E-state index is 0.126. The molecule has 1 aliphatic rings. The van der Waals surface area contributed by atoms with Gasteiger partial charge in [-0.25, -0.2) is 0 Å². The minimum Gasteiger partial charge on any atom is -0.300 e. The van der Waals surface area contributed by atoms with E-state index in [1.165, 1.54) is 0 Å². The SMILES string of the molecule is FC(F)(F)C1(c2ccccc2)CCCCN1. The van der Waals surface area contributed by atoms with Crippen LogP contribution in [0.15, 0.2) is 30.3 Å². The summed E-state index contributed by atoms with van der Waals surface area (Å²) in [6.45, 7) is 0.425. The highest BCUT2D eigenvalue weighted by Gasteiger charge is 2.55. The van der Waals surface area contributed by atoms with Crippen LogP contribution in [0.4, 0.5) is 13.2 Å². The number of hydrogen-bond acceptors (Lipinski definition) is 1. The molecule has 1 N–H and O–H groups in total. The molecule has 0 spiro atoms. The van der Waals surface area contributed by atoms with Gasteiger partial charge in [-0.2, -0.15) is 13.2 Å². The normalized spacial score (nSPS) is 26.7. The van der Waals surface area contributed by atoms with Crippen LogP contribution in [0.5, 0.6) is 0 Å². The average molecular weight is 229 g/mol. The molecule has 1 nitrogen and oxygen atoms in total. The van der Waals surface area contributed by atoms with E-state index in [0.29, 0.717) is 18.5 Å². The Bertz CT molecular complexity index is 339. The lowest BCUT2D eigenvalue weighted by molar-refractivity contribution is -0.207. The van der Waals surface area contributed by atoms with E-state index in [1.54, 1.807) is 30.3 Å². The van der Waals surface area contributed by atoms with E-state index in [1.807, 2.05) is 0 Å². The molecule has 0 bridgehead atoms. The summed E-state index contributed by atoms with van der Waals surface area (Å²) >= 11 is 0. The van der Waals surface area contributed by atoms with Gasteiger partial charge in [0.1, 0.15) is 5.54 Å².